The second kappa shape index (κ2) is 9.25. The van der Waals surface area contributed by atoms with Gasteiger partial charge in [0, 0.05) is 38.7 Å². The van der Waals surface area contributed by atoms with Crippen LogP contribution in [0.3, 0.4) is 0 Å². The van der Waals surface area contributed by atoms with Crippen LogP contribution in [0, 0.1) is 0 Å². The number of piperidine rings is 2. The van der Waals surface area contributed by atoms with Crippen LogP contribution >= 0.6 is 0 Å². The molecule has 0 radical (unpaired) electrons. The Morgan fingerprint density at radius 1 is 0.900 bits per heavy atom. The fourth-order valence-electron chi connectivity index (χ4n) is 4.19. The zero-order chi connectivity index (χ0) is 21.0. The Hall–Kier alpha value is -2.28. The first kappa shape index (κ1) is 21.0. The van der Waals surface area contributed by atoms with Crippen molar-refractivity contribution in [2.75, 3.05) is 31.1 Å². The van der Waals surface area contributed by atoms with Gasteiger partial charge in [0.05, 0.1) is 5.56 Å². The van der Waals surface area contributed by atoms with E-state index in [9.17, 15) is 13.2 Å². The molecule has 0 bridgehead atoms. The summed E-state index contributed by atoms with van der Waals surface area (Å²) in [6, 6.07) is 10.9. The van der Waals surface area contributed by atoms with Gasteiger partial charge in [-0.05, 0) is 55.8 Å². The van der Waals surface area contributed by atoms with E-state index in [1.807, 2.05) is 17.0 Å². The van der Waals surface area contributed by atoms with Gasteiger partial charge in [-0.25, -0.2) is 4.98 Å². The summed E-state index contributed by atoms with van der Waals surface area (Å²) in [7, 11) is 0. The van der Waals surface area contributed by atoms with Gasteiger partial charge in [-0.2, -0.15) is 13.2 Å². The molecule has 162 valence electrons. The van der Waals surface area contributed by atoms with Crippen LogP contribution in [0.25, 0.3) is 0 Å². The Morgan fingerprint density at radius 2 is 1.60 bits per heavy atom. The minimum Gasteiger partial charge on any atom is -0.490 e. The molecule has 4 nitrogen and oxygen atoms in total. The SMILES string of the molecule is FC(F)(F)c1ccc(N2CCC(Oc3ccc(CN4CCCCC4)cc3)CC2)nc1. The van der Waals surface area contributed by atoms with E-state index in [-0.39, 0.29) is 6.10 Å². The van der Waals surface area contributed by atoms with Gasteiger partial charge in [0.2, 0.25) is 0 Å². The van der Waals surface area contributed by atoms with Crippen LogP contribution < -0.4 is 9.64 Å². The van der Waals surface area contributed by atoms with Crippen molar-refractivity contribution in [1.29, 1.82) is 0 Å². The molecular formula is C23H28F3N3O. The molecule has 4 rings (SSSR count). The Balaban J connectivity index is 1.25. The van der Waals surface area contributed by atoms with Gasteiger partial charge in [0.25, 0.3) is 0 Å². The molecule has 0 atom stereocenters. The van der Waals surface area contributed by atoms with Gasteiger partial charge < -0.3 is 9.64 Å². The summed E-state index contributed by atoms with van der Waals surface area (Å²) in [5.41, 5.74) is 0.598. The Kier molecular flexibility index (Phi) is 6.46. The van der Waals surface area contributed by atoms with Crippen molar-refractivity contribution in [3.8, 4) is 5.75 Å². The minimum atomic E-state index is -4.35. The molecular weight excluding hydrogens is 391 g/mol. The van der Waals surface area contributed by atoms with Crippen LogP contribution in [0.2, 0.25) is 0 Å². The predicted molar refractivity (Wildman–Crippen MR) is 111 cm³/mol. The van der Waals surface area contributed by atoms with Gasteiger partial charge in [0.15, 0.2) is 0 Å². The molecule has 2 saturated heterocycles. The number of aromatic nitrogens is 1. The van der Waals surface area contributed by atoms with Gasteiger partial charge in [0.1, 0.15) is 17.7 Å². The molecule has 0 aliphatic carbocycles. The van der Waals surface area contributed by atoms with Gasteiger partial charge in [-0.15, -0.1) is 0 Å². The molecule has 0 spiro atoms. The van der Waals surface area contributed by atoms with Crippen LogP contribution in [0.5, 0.6) is 5.75 Å². The predicted octanol–water partition coefficient (Wildman–Crippen LogP) is 5.13. The van der Waals surface area contributed by atoms with Gasteiger partial charge in [-0.3, -0.25) is 4.90 Å². The molecule has 0 N–H and O–H groups in total. The third-order valence-electron chi connectivity index (χ3n) is 5.92. The fraction of sp³-hybridized carbons (Fsp3) is 0.522. The van der Waals surface area contributed by atoms with E-state index in [4.69, 9.17) is 4.74 Å². The van der Waals surface area contributed by atoms with Crippen molar-refractivity contribution < 1.29 is 17.9 Å². The van der Waals surface area contributed by atoms with Crippen molar-refractivity contribution in [1.82, 2.24) is 9.88 Å². The third kappa shape index (κ3) is 5.45. The zero-order valence-electron chi connectivity index (χ0n) is 17.1. The van der Waals surface area contributed by atoms with Crippen molar-refractivity contribution in [2.45, 2.75) is 50.9 Å². The number of hydrogen-bond donors (Lipinski definition) is 0. The second-order valence-electron chi connectivity index (χ2n) is 8.19. The first-order valence-corrected chi connectivity index (χ1v) is 10.7. The maximum Gasteiger partial charge on any atom is 0.417 e. The molecule has 2 aliphatic heterocycles. The van der Waals surface area contributed by atoms with Gasteiger partial charge in [-0.1, -0.05) is 18.6 Å². The summed E-state index contributed by atoms with van der Waals surface area (Å²) in [6.07, 6.45) is 2.24. The van der Waals surface area contributed by atoms with Crippen molar-refractivity contribution in [3.05, 3.63) is 53.7 Å². The van der Waals surface area contributed by atoms with Crippen LogP contribution in [-0.4, -0.2) is 42.2 Å². The Morgan fingerprint density at radius 3 is 2.20 bits per heavy atom. The lowest BCUT2D eigenvalue weighted by molar-refractivity contribution is -0.137. The Bertz CT molecular complexity index is 794. The molecule has 0 amide bonds. The standard InChI is InChI=1S/C23H28F3N3O/c24-23(25,26)19-6-9-22(27-16-19)29-14-10-21(11-15-29)30-20-7-4-18(5-8-20)17-28-12-2-1-3-13-28/h4-9,16,21H,1-3,10-15,17H2. The van der Waals surface area contributed by atoms with Crippen molar-refractivity contribution in [2.24, 2.45) is 0 Å². The monoisotopic (exact) mass is 419 g/mol. The number of benzene rings is 1. The summed E-state index contributed by atoms with van der Waals surface area (Å²) in [5.74, 6) is 1.46. The lowest BCUT2D eigenvalue weighted by atomic mass is 10.1. The smallest absolute Gasteiger partial charge is 0.417 e. The molecule has 30 heavy (non-hydrogen) atoms. The number of anilines is 1. The number of pyridine rings is 1. The Labute approximate surface area is 175 Å². The molecule has 2 aliphatic rings. The van der Waals surface area contributed by atoms with Crippen LogP contribution in [0.15, 0.2) is 42.6 Å². The first-order valence-electron chi connectivity index (χ1n) is 10.7. The highest BCUT2D eigenvalue weighted by atomic mass is 19.4. The first-order chi connectivity index (χ1) is 14.5. The third-order valence-corrected chi connectivity index (χ3v) is 5.92. The van der Waals surface area contributed by atoms with Crippen LogP contribution in [0.1, 0.15) is 43.2 Å². The van der Waals surface area contributed by atoms with E-state index in [2.05, 4.69) is 22.0 Å². The van der Waals surface area contributed by atoms with Gasteiger partial charge >= 0.3 is 6.18 Å². The molecule has 7 heteroatoms. The average Bonchev–Trinajstić information content (AvgIpc) is 2.76. The minimum absolute atomic E-state index is 0.114. The molecule has 0 unspecified atom stereocenters. The van der Waals surface area contributed by atoms with E-state index in [0.717, 1.165) is 50.5 Å². The number of rotatable bonds is 5. The van der Waals surface area contributed by atoms with E-state index < -0.39 is 11.7 Å². The average molecular weight is 419 g/mol. The van der Waals surface area contributed by atoms with E-state index in [0.29, 0.717) is 5.82 Å². The molecule has 2 aromatic rings. The topological polar surface area (TPSA) is 28.6 Å². The molecule has 2 fully saturated rings. The number of likely N-dealkylation sites (tertiary alicyclic amines) is 1. The molecule has 1 aromatic heterocycles. The molecule has 1 aromatic carbocycles. The quantitative estimate of drug-likeness (QED) is 0.672. The summed E-state index contributed by atoms with van der Waals surface area (Å²) in [5, 5.41) is 0. The van der Waals surface area contributed by atoms with Crippen molar-refractivity contribution >= 4 is 5.82 Å². The number of hydrogen-bond acceptors (Lipinski definition) is 4. The highest BCUT2D eigenvalue weighted by Crippen LogP contribution is 2.30. The number of alkyl halides is 3. The van der Waals surface area contributed by atoms with Crippen LogP contribution in [0.4, 0.5) is 19.0 Å². The largest absolute Gasteiger partial charge is 0.490 e. The lowest BCUT2D eigenvalue weighted by Gasteiger charge is -2.33. The number of nitrogens with zero attached hydrogens (tertiary/aromatic N) is 3. The highest BCUT2D eigenvalue weighted by molar-refractivity contribution is 5.40. The molecule has 3 heterocycles. The van der Waals surface area contributed by atoms with Crippen LogP contribution in [-0.2, 0) is 12.7 Å². The van der Waals surface area contributed by atoms with E-state index in [1.165, 1.54) is 44.0 Å². The fourth-order valence-corrected chi connectivity index (χ4v) is 4.19. The van der Waals surface area contributed by atoms with Crippen molar-refractivity contribution in [3.63, 3.8) is 0 Å². The summed E-state index contributed by atoms with van der Waals surface area (Å²) in [6.45, 7) is 4.81. The highest BCUT2D eigenvalue weighted by Gasteiger charge is 2.31. The number of halogens is 3. The maximum atomic E-state index is 12.7. The zero-order valence-corrected chi connectivity index (χ0v) is 17.1. The summed E-state index contributed by atoms with van der Waals surface area (Å²) >= 11 is 0. The lowest BCUT2D eigenvalue weighted by Crippen LogP contribution is -2.38. The normalized spacial score (nSPS) is 19.1. The summed E-state index contributed by atoms with van der Waals surface area (Å²) < 4.78 is 44.2. The van der Waals surface area contributed by atoms with E-state index in [1.54, 1.807) is 0 Å². The van der Waals surface area contributed by atoms with E-state index >= 15 is 0 Å². The number of ether oxygens (including phenoxy) is 1. The summed E-state index contributed by atoms with van der Waals surface area (Å²) in [4.78, 5) is 8.52. The second-order valence-corrected chi connectivity index (χ2v) is 8.19. The maximum absolute atomic E-state index is 12.7. The molecule has 0 saturated carbocycles.